The maximum atomic E-state index is 13.1. The average Bonchev–Trinajstić information content (AvgIpc) is 2.73. The molecule has 1 heterocycles. The molecule has 2 aromatic rings. The SMILES string of the molecule is CCOc1cc(/C=C2/C(=O)NC(=S)N(c3cccc(Cl)c3)C2=O)ccc1O[C@@H](C)C(=O)[O-]. The van der Waals surface area contributed by atoms with Crippen molar-refractivity contribution in [2.45, 2.75) is 20.0 Å². The first-order chi connectivity index (χ1) is 15.2. The highest BCUT2D eigenvalue weighted by molar-refractivity contribution is 7.80. The number of rotatable bonds is 7. The largest absolute Gasteiger partial charge is 0.546 e. The first-order valence-corrected chi connectivity index (χ1v) is 10.3. The molecule has 1 aliphatic heterocycles. The van der Waals surface area contributed by atoms with Crippen LogP contribution in [0, 0.1) is 0 Å². The number of nitrogens with one attached hydrogen (secondary N) is 1. The van der Waals surface area contributed by atoms with Crippen LogP contribution in [0.3, 0.4) is 0 Å². The Hall–Kier alpha value is -3.43. The van der Waals surface area contributed by atoms with E-state index in [1.807, 2.05) is 0 Å². The van der Waals surface area contributed by atoms with Gasteiger partial charge in [-0.05, 0) is 68.0 Å². The van der Waals surface area contributed by atoms with Crippen molar-refractivity contribution >= 4 is 58.5 Å². The van der Waals surface area contributed by atoms with E-state index < -0.39 is 23.9 Å². The van der Waals surface area contributed by atoms with Crippen molar-refractivity contribution in [3.05, 3.63) is 58.6 Å². The molecule has 10 heteroatoms. The van der Waals surface area contributed by atoms with E-state index in [9.17, 15) is 19.5 Å². The van der Waals surface area contributed by atoms with Gasteiger partial charge >= 0.3 is 0 Å². The number of nitrogens with zero attached hydrogens (tertiary/aromatic N) is 1. The number of halogens is 1. The van der Waals surface area contributed by atoms with Crippen molar-refractivity contribution < 1.29 is 29.0 Å². The Morgan fingerprint density at radius 2 is 2.00 bits per heavy atom. The van der Waals surface area contributed by atoms with Gasteiger partial charge in [-0.2, -0.15) is 0 Å². The summed E-state index contributed by atoms with van der Waals surface area (Å²) in [6.07, 6.45) is 0.183. The fourth-order valence-electron chi connectivity index (χ4n) is 2.89. The van der Waals surface area contributed by atoms with Gasteiger partial charge in [-0.1, -0.05) is 23.7 Å². The standard InChI is InChI=1S/C22H19ClN2O6S/c1-3-30-18-10-13(7-8-17(18)31-12(2)21(28)29)9-16-19(26)24-22(32)25(20(16)27)15-6-4-5-14(23)11-15/h4-12H,3H2,1-2H3,(H,28,29)(H,24,26,32)/p-1/b16-9-/t12-/m0/s1. The van der Waals surface area contributed by atoms with E-state index in [1.165, 1.54) is 30.0 Å². The van der Waals surface area contributed by atoms with Crippen molar-refractivity contribution in [3.63, 3.8) is 0 Å². The molecule has 0 aromatic heterocycles. The summed E-state index contributed by atoms with van der Waals surface area (Å²) < 4.78 is 10.9. The zero-order valence-corrected chi connectivity index (χ0v) is 18.7. The summed E-state index contributed by atoms with van der Waals surface area (Å²) in [5.41, 5.74) is 0.713. The molecule has 32 heavy (non-hydrogen) atoms. The lowest BCUT2D eigenvalue weighted by Crippen LogP contribution is -2.54. The number of hydrogen-bond donors (Lipinski definition) is 1. The first-order valence-electron chi connectivity index (χ1n) is 9.52. The minimum absolute atomic E-state index is 0.0607. The summed E-state index contributed by atoms with van der Waals surface area (Å²) in [7, 11) is 0. The van der Waals surface area contributed by atoms with Crippen LogP contribution in [0.2, 0.25) is 5.02 Å². The highest BCUT2D eigenvalue weighted by atomic mass is 35.5. The van der Waals surface area contributed by atoms with Crippen molar-refractivity contribution in [2.75, 3.05) is 11.5 Å². The van der Waals surface area contributed by atoms with E-state index in [2.05, 4.69) is 5.32 Å². The van der Waals surface area contributed by atoms with Gasteiger partial charge in [-0.25, -0.2) is 0 Å². The molecule has 1 saturated heterocycles. The molecular formula is C22H18ClN2O6S-. The molecule has 1 atom stereocenters. The van der Waals surface area contributed by atoms with E-state index in [1.54, 1.807) is 37.3 Å². The Kier molecular flexibility index (Phi) is 7.12. The van der Waals surface area contributed by atoms with Gasteiger partial charge in [-0.15, -0.1) is 0 Å². The van der Waals surface area contributed by atoms with Gasteiger partial charge in [0, 0.05) is 5.02 Å². The number of carboxylic acid groups (broad SMARTS) is 1. The van der Waals surface area contributed by atoms with Gasteiger partial charge in [0.2, 0.25) is 0 Å². The highest BCUT2D eigenvalue weighted by Crippen LogP contribution is 2.31. The highest BCUT2D eigenvalue weighted by Gasteiger charge is 2.34. The van der Waals surface area contributed by atoms with Crippen molar-refractivity contribution in [1.82, 2.24) is 5.32 Å². The van der Waals surface area contributed by atoms with Crippen LogP contribution in [0.5, 0.6) is 11.5 Å². The number of hydrogen-bond acceptors (Lipinski definition) is 7. The number of carbonyl (C=O) groups excluding carboxylic acids is 3. The Bertz CT molecular complexity index is 1130. The van der Waals surface area contributed by atoms with Crippen molar-refractivity contribution in [2.24, 2.45) is 0 Å². The van der Waals surface area contributed by atoms with Crippen LogP contribution in [0.15, 0.2) is 48.0 Å². The molecule has 0 spiro atoms. The molecule has 0 bridgehead atoms. The molecule has 1 aliphatic rings. The number of amides is 2. The van der Waals surface area contributed by atoms with E-state index in [4.69, 9.17) is 33.3 Å². The molecule has 0 saturated carbocycles. The van der Waals surface area contributed by atoms with Crippen molar-refractivity contribution in [3.8, 4) is 11.5 Å². The maximum absolute atomic E-state index is 13.1. The fourth-order valence-corrected chi connectivity index (χ4v) is 3.36. The summed E-state index contributed by atoms with van der Waals surface area (Å²) >= 11 is 11.2. The Morgan fingerprint density at radius 1 is 1.25 bits per heavy atom. The summed E-state index contributed by atoms with van der Waals surface area (Å²) in [6, 6.07) is 11.1. The van der Waals surface area contributed by atoms with Crippen LogP contribution in [-0.2, 0) is 14.4 Å². The number of carbonyl (C=O) groups is 3. The lowest BCUT2D eigenvalue weighted by atomic mass is 10.1. The van der Waals surface area contributed by atoms with E-state index in [0.29, 0.717) is 16.3 Å². The number of aliphatic carboxylic acids is 1. The van der Waals surface area contributed by atoms with Gasteiger partial charge < -0.3 is 19.4 Å². The second kappa shape index (κ2) is 9.80. The molecular weight excluding hydrogens is 456 g/mol. The number of anilines is 1. The third kappa shape index (κ3) is 5.06. The molecule has 8 nitrogen and oxygen atoms in total. The second-order valence-electron chi connectivity index (χ2n) is 6.66. The van der Waals surface area contributed by atoms with Gasteiger partial charge in [0.25, 0.3) is 11.8 Å². The molecule has 2 aromatic carbocycles. The van der Waals surface area contributed by atoms with E-state index in [-0.39, 0.29) is 28.8 Å². The molecule has 1 fully saturated rings. The molecule has 0 unspecified atom stereocenters. The lowest BCUT2D eigenvalue weighted by Gasteiger charge is -2.29. The normalized spacial score (nSPS) is 16.0. The third-order valence-corrected chi connectivity index (χ3v) is 4.90. The smallest absolute Gasteiger partial charge is 0.270 e. The summed E-state index contributed by atoms with van der Waals surface area (Å²) in [5, 5.41) is 13.8. The molecule has 2 amide bonds. The number of carboxylic acids is 1. The molecule has 3 rings (SSSR count). The Morgan fingerprint density at radius 3 is 2.66 bits per heavy atom. The van der Waals surface area contributed by atoms with E-state index >= 15 is 0 Å². The van der Waals surface area contributed by atoms with Crippen LogP contribution >= 0.6 is 23.8 Å². The second-order valence-corrected chi connectivity index (χ2v) is 7.48. The zero-order chi connectivity index (χ0) is 23.4. The number of thiocarbonyl (C=S) groups is 1. The Labute approximate surface area is 194 Å². The molecule has 166 valence electrons. The van der Waals surface area contributed by atoms with Crippen LogP contribution in [-0.4, -0.2) is 35.6 Å². The van der Waals surface area contributed by atoms with Gasteiger partial charge in [0.05, 0.1) is 18.3 Å². The molecule has 0 radical (unpaired) electrons. The summed E-state index contributed by atoms with van der Waals surface area (Å²) in [4.78, 5) is 37.7. The van der Waals surface area contributed by atoms with Crippen LogP contribution < -0.4 is 24.8 Å². The lowest BCUT2D eigenvalue weighted by molar-refractivity contribution is -0.312. The molecule has 1 N–H and O–H groups in total. The first kappa shape index (κ1) is 23.2. The minimum Gasteiger partial charge on any atom is -0.546 e. The van der Waals surface area contributed by atoms with Gasteiger partial charge in [0.15, 0.2) is 16.6 Å². The number of ether oxygens (including phenoxy) is 2. The fraction of sp³-hybridized carbons (Fsp3) is 0.182. The average molecular weight is 474 g/mol. The molecule has 0 aliphatic carbocycles. The van der Waals surface area contributed by atoms with Crippen LogP contribution in [0.1, 0.15) is 19.4 Å². The van der Waals surface area contributed by atoms with Crippen LogP contribution in [0.25, 0.3) is 6.08 Å². The summed E-state index contributed by atoms with van der Waals surface area (Å²) in [5.74, 6) is -2.21. The van der Waals surface area contributed by atoms with E-state index in [0.717, 1.165) is 0 Å². The topological polar surface area (TPSA) is 108 Å². The quantitative estimate of drug-likeness (QED) is 0.372. The minimum atomic E-state index is -1.37. The maximum Gasteiger partial charge on any atom is 0.270 e. The van der Waals surface area contributed by atoms with Crippen LogP contribution in [0.4, 0.5) is 5.69 Å². The summed E-state index contributed by atoms with van der Waals surface area (Å²) in [6.45, 7) is 3.37. The van der Waals surface area contributed by atoms with Crippen molar-refractivity contribution in [1.29, 1.82) is 0 Å². The van der Waals surface area contributed by atoms with Gasteiger partial charge in [0.1, 0.15) is 11.7 Å². The predicted molar refractivity (Wildman–Crippen MR) is 120 cm³/mol. The Balaban J connectivity index is 1.97. The van der Waals surface area contributed by atoms with Gasteiger partial charge in [-0.3, -0.25) is 19.8 Å². The monoisotopic (exact) mass is 473 g/mol. The predicted octanol–water partition coefficient (Wildman–Crippen LogP) is 2.09. The zero-order valence-electron chi connectivity index (χ0n) is 17.1. The third-order valence-electron chi connectivity index (χ3n) is 4.38. The number of benzene rings is 2.